The van der Waals surface area contributed by atoms with Crippen LogP contribution in [0.25, 0.3) is 6.08 Å². The smallest absolute Gasteiger partial charge is 0.210 e. The Morgan fingerprint density at radius 3 is 2.57 bits per heavy atom. The van der Waals surface area contributed by atoms with Gasteiger partial charge in [0, 0.05) is 0 Å². The Kier molecular flexibility index (Phi) is 9.70. The second-order valence-electron chi connectivity index (χ2n) is 5.91. The Hall–Kier alpha value is -1.67. The lowest BCUT2D eigenvalue weighted by Crippen LogP contribution is -1.99. The van der Waals surface area contributed by atoms with E-state index in [1.54, 1.807) is 6.08 Å². The van der Waals surface area contributed by atoms with E-state index in [4.69, 9.17) is 14.5 Å². The van der Waals surface area contributed by atoms with Crippen molar-refractivity contribution in [2.45, 2.75) is 19.3 Å². The molecule has 0 bridgehead atoms. The summed E-state index contributed by atoms with van der Waals surface area (Å²) in [6.45, 7) is 1.31. The average Bonchev–Trinajstić information content (AvgIpc) is 2.72. The highest BCUT2D eigenvalue weighted by Gasteiger charge is 2.18. The molecule has 28 heavy (non-hydrogen) atoms. The van der Waals surface area contributed by atoms with Crippen LogP contribution in [0.4, 0.5) is 0 Å². The fraction of sp³-hybridized carbons (Fsp3) is 0.250. The van der Waals surface area contributed by atoms with Crippen LogP contribution in [0.5, 0.6) is 17.2 Å². The molecule has 0 saturated heterocycles. The second kappa shape index (κ2) is 12.0. The zero-order chi connectivity index (χ0) is 20.4. The maximum Gasteiger partial charge on any atom is 0.210 e. The van der Waals surface area contributed by atoms with Gasteiger partial charge in [0.2, 0.25) is 11.5 Å². The van der Waals surface area contributed by atoms with Crippen molar-refractivity contribution in [2.24, 2.45) is 0 Å². The molecule has 0 aliphatic rings. The Bertz CT molecular complexity index is 807. The molecule has 0 aliphatic carbocycles. The van der Waals surface area contributed by atoms with Gasteiger partial charge >= 0.3 is 0 Å². The number of halogens is 1. The lowest BCUT2D eigenvalue weighted by Gasteiger charge is -2.09. The molecule has 0 radical (unpaired) electrons. The molecular weight excluding hydrogens is 494 g/mol. The van der Waals surface area contributed by atoms with E-state index in [0.717, 1.165) is 31.4 Å². The van der Waals surface area contributed by atoms with E-state index >= 15 is 0 Å². The van der Waals surface area contributed by atoms with Gasteiger partial charge < -0.3 is 19.3 Å². The number of allylic oxidation sites excluding steroid dienone is 1. The number of phenolic OH excluding ortho intramolecular Hbond substituents is 1. The highest BCUT2D eigenvalue weighted by molar-refractivity contribution is 14.2. The molecule has 0 heterocycles. The summed E-state index contributed by atoms with van der Waals surface area (Å²) in [4.78, 5) is 16.5. The molecule has 2 N–H and O–H groups in total. The van der Waals surface area contributed by atoms with Gasteiger partial charge in [0.15, 0.2) is 11.5 Å². The van der Waals surface area contributed by atoms with Crippen molar-refractivity contribution in [2.75, 3.05) is 13.7 Å². The van der Waals surface area contributed by atoms with Crippen molar-refractivity contribution >= 4 is 40.4 Å². The molecule has 2 aromatic carbocycles. The summed E-state index contributed by atoms with van der Waals surface area (Å²) in [5, 5.41) is 18.9. The predicted molar refractivity (Wildman–Crippen MR) is 119 cm³/mol. The first kappa shape index (κ1) is 22.6. The highest BCUT2D eigenvalue weighted by atomic mass is 127. The molecule has 2 rings (SSSR count). The third kappa shape index (κ3) is 6.44. The number of methoxy groups -OCH3 is 1. The van der Waals surface area contributed by atoms with Crippen molar-refractivity contribution < 1.29 is 29.3 Å². The van der Waals surface area contributed by atoms with Crippen LogP contribution in [-0.2, 0) is 10.9 Å². The van der Waals surface area contributed by atoms with Gasteiger partial charge in [0.05, 0.1) is 25.7 Å². The van der Waals surface area contributed by atoms with Crippen molar-refractivity contribution in [3.05, 3.63) is 59.2 Å². The molecule has 0 aromatic heterocycles. The Balaban J connectivity index is 1.99. The molecule has 0 saturated carbocycles. The molecular formula is C20H22IO6P. The summed E-state index contributed by atoms with van der Waals surface area (Å²) < 4.78 is 10.3. The van der Waals surface area contributed by atoms with E-state index in [1.807, 2.05) is 24.3 Å². The minimum Gasteiger partial charge on any atom is -0.504 e. The number of ether oxygens (including phenoxy) is 1. The Morgan fingerprint density at radius 1 is 1.18 bits per heavy atom. The third-order valence-corrected chi connectivity index (χ3v) is 5.33. The summed E-state index contributed by atoms with van der Waals surface area (Å²) in [7, 11) is 1.31. The lowest BCUT2D eigenvalue weighted by molar-refractivity contribution is -0.139. The predicted octanol–water partition coefficient (Wildman–Crippen LogP) is 5.43. The number of aryl methyl sites for hydroxylation is 1. The minimum atomic E-state index is -0.389. The van der Waals surface area contributed by atoms with E-state index < -0.39 is 0 Å². The molecule has 2 aromatic rings. The number of rotatable bonds is 11. The molecule has 8 heteroatoms. The monoisotopic (exact) mass is 516 g/mol. The van der Waals surface area contributed by atoms with Gasteiger partial charge in [-0.3, -0.25) is 4.79 Å². The molecule has 0 amide bonds. The number of phenols is 1. The van der Waals surface area contributed by atoms with Gasteiger partial charge in [-0.05, 0) is 70.6 Å². The van der Waals surface area contributed by atoms with Crippen LogP contribution in [0.2, 0.25) is 0 Å². The molecule has 6 nitrogen and oxygen atoms in total. The van der Waals surface area contributed by atoms with E-state index in [-0.39, 0.29) is 28.6 Å². The Labute approximate surface area is 178 Å². The quantitative estimate of drug-likeness (QED) is 0.0789. The van der Waals surface area contributed by atoms with Crippen molar-refractivity contribution in [1.29, 1.82) is 0 Å². The van der Waals surface area contributed by atoms with E-state index in [1.165, 1.54) is 30.9 Å². The van der Waals surface area contributed by atoms with Gasteiger partial charge in [-0.2, -0.15) is 0 Å². The molecule has 1 unspecified atom stereocenters. The van der Waals surface area contributed by atoms with Crippen LogP contribution in [0.1, 0.15) is 34.3 Å². The number of benzene rings is 2. The topological polar surface area (TPSA) is 85.2 Å². The standard InChI is InChI=1S/C20H22IO6P/c1-25-20-18(27-24)12-10-16(19(20)23)17(22)11-9-15-7-5-14(6-8-15)4-2-3-13-26-28-21/h5-12,23-24,28H,2-4,13H2,1H3/b11-9+. The SMILES string of the molecule is COc1c(OO)ccc(C(=O)/C=C/c2ccc(CCCCOPI)cc2)c1O. The van der Waals surface area contributed by atoms with Crippen LogP contribution < -0.4 is 9.62 Å². The largest absolute Gasteiger partial charge is 0.504 e. The van der Waals surface area contributed by atoms with Crippen LogP contribution in [0.3, 0.4) is 0 Å². The second-order valence-corrected chi connectivity index (χ2v) is 7.67. The highest BCUT2D eigenvalue weighted by Crippen LogP contribution is 2.39. The summed E-state index contributed by atoms with van der Waals surface area (Å²) in [6.07, 6.45) is 6.17. The zero-order valence-electron chi connectivity index (χ0n) is 15.4. The number of carbonyl (C=O) groups is 1. The van der Waals surface area contributed by atoms with E-state index in [0.29, 0.717) is 6.45 Å². The maximum atomic E-state index is 12.4. The van der Waals surface area contributed by atoms with Gasteiger partial charge in [0.25, 0.3) is 0 Å². The molecule has 0 aliphatic heterocycles. The number of hydrogen-bond acceptors (Lipinski definition) is 6. The third-order valence-electron chi connectivity index (χ3n) is 4.09. The number of ketones is 1. The average molecular weight is 516 g/mol. The summed E-state index contributed by atoms with van der Waals surface area (Å²) in [5.74, 6) is -0.945. The van der Waals surface area contributed by atoms with Crippen molar-refractivity contribution in [1.82, 2.24) is 0 Å². The van der Waals surface area contributed by atoms with Crippen LogP contribution in [0.15, 0.2) is 42.5 Å². The van der Waals surface area contributed by atoms with Gasteiger partial charge in [-0.1, -0.05) is 30.3 Å². The summed E-state index contributed by atoms with van der Waals surface area (Å²) in [6, 6.07) is 10.7. The molecule has 150 valence electrons. The van der Waals surface area contributed by atoms with Crippen LogP contribution in [0, 0.1) is 0 Å². The fourth-order valence-electron chi connectivity index (χ4n) is 2.62. The van der Waals surface area contributed by atoms with Crippen LogP contribution in [-0.4, -0.2) is 29.9 Å². The lowest BCUT2D eigenvalue weighted by atomic mass is 10.0. The summed E-state index contributed by atoms with van der Waals surface area (Å²) >= 11 is 2.22. The molecule has 0 fully saturated rings. The maximum absolute atomic E-state index is 12.4. The van der Waals surface area contributed by atoms with E-state index in [2.05, 4.69) is 26.9 Å². The molecule has 1 atom stereocenters. The summed E-state index contributed by atoms with van der Waals surface area (Å²) in [5.41, 5.74) is 2.18. The first-order valence-corrected chi connectivity index (χ1v) is 12.6. The van der Waals surface area contributed by atoms with Gasteiger partial charge in [-0.15, -0.1) is 0 Å². The molecule has 0 spiro atoms. The van der Waals surface area contributed by atoms with Crippen molar-refractivity contribution in [3.63, 3.8) is 0 Å². The Morgan fingerprint density at radius 2 is 1.93 bits per heavy atom. The van der Waals surface area contributed by atoms with Gasteiger partial charge in [-0.25, -0.2) is 5.26 Å². The van der Waals surface area contributed by atoms with Crippen molar-refractivity contribution in [3.8, 4) is 17.2 Å². The number of unbranched alkanes of at least 4 members (excludes halogenated alkanes) is 1. The number of aromatic hydroxyl groups is 1. The fourth-order valence-corrected chi connectivity index (χ4v) is 3.50. The first-order valence-electron chi connectivity index (χ1n) is 8.60. The number of hydrogen-bond donors (Lipinski definition) is 2. The van der Waals surface area contributed by atoms with E-state index in [9.17, 15) is 9.90 Å². The minimum absolute atomic E-state index is 0.0554. The van der Waals surface area contributed by atoms with Crippen LogP contribution >= 0.6 is 28.5 Å². The zero-order valence-corrected chi connectivity index (χ0v) is 18.5. The van der Waals surface area contributed by atoms with Gasteiger partial charge in [0.1, 0.15) is 0 Å². The first-order chi connectivity index (χ1) is 13.6. The normalized spacial score (nSPS) is 11.4. The number of carbonyl (C=O) groups excluding carboxylic acids is 1.